The molecule has 0 saturated carbocycles. The third kappa shape index (κ3) is 2.20. The Morgan fingerprint density at radius 2 is 2.31 bits per heavy atom. The maximum Gasteiger partial charge on any atom is 0.287 e. The van der Waals surface area contributed by atoms with Crippen LogP contribution in [-0.2, 0) is 7.05 Å². The fourth-order valence-corrected chi connectivity index (χ4v) is 1.92. The summed E-state index contributed by atoms with van der Waals surface area (Å²) in [5.41, 5.74) is 0.827. The zero-order valence-electron chi connectivity index (χ0n) is 8.56. The second-order valence-corrected chi connectivity index (χ2v) is 4.67. The van der Waals surface area contributed by atoms with E-state index in [-0.39, 0.29) is 15.4 Å². The zero-order valence-corrected chi connectivity index (χ0v) is 10.1. The van der Waals surface area contributed by atoms with Gasteiger partial charge in [-0.15, -0.1) is 10.2 Å². The molecule has 0 spiro atoms. The molecule has 1 N–H and O–H groups in total. The number of anilines is 1. The molecule has 0 unspecified atom stereocenters. The Labute approximate surface area is 100 Å². The van der Waals surface area contributed by atoms with Crippen LogP contribution in [0, 0.1) is 6.92 Å². The van der Waals surface area contributed by atoms with Crippen LogP contribution >= 0.6 is 22.9 Å². The standard InChI is InChI=1S/C8H8ClN5OS/c1-4-3-5(14(2)13-4)10-6(15)7-11-12-8(9)16-7/h3H,1-2H3,(H,10,15). The van der Waals surface area contributed by atoms with Crippen LogP contribution in [0.25, 0.3) is 0 Å². The van der Waals surface area contributed by atoms with Crippen LogP contribution in [0.1, 0.15) is 15.5 Å². The number of rotatable bonds is 2. The summed E-state index contributed by atoms with van der Waals surface area (Å²) in [7, 11) is 1.75. The molecule has 0 atom stereocenters. The summed E-state index contributed by atoms with van der Waals surface area (Å²) >= 11 is 6.62. The zero-order chi connectivity index (χ0) is 11.7. The van der Waals surface area contributed by atoms with E-state index < -0.39 is 0 Å². The lowest BCUT2D eigenvalue weighted by molar-refractivity contribution is 0.102. The van der Waals surface area contributed by atoms with Gasteiger partial charge in [0.15, 0.2) is 0 Å². The Bertz CT molecular complexity index is 534. The predicted molar refractivity (Wildman–Crippen MR) is 60.8 cm³/mol. The van der Waals surface area contributed by atoms with E-state index in [4.69, 9.17) is 11.6 Å². The summed E-state index contributed by atoms with van der Waals surface area (Å²) in [4.78, 5) is 11.7. The van der Waals surface area contributed by atoms with Gasteiger partial charge in [0, 0.05) is 13.1 Å². The van der Waals surface area contributed by atoms with Gasteiger partial charge in [0.1, 0.15) is 5.82 Å². The number of carbonyl (C=O) groups is 1. The largest absolute Gasteiger partial charge is 0.305 e. The fraction of sp³-hybridized carbons (Fsp3) is 0.250. The molecule has 0 aliphatic rings. The molecule has 0 bridgehead atoms. The highest BCUT2D eigenvalue weighted by Crippen LogP contribution is 2.16. The summed E-state index contributed by atoms with van der Waals surface area (Å²) in [5, 5.41) is 14.2. The van der Waals surface area contributed by atoms with Gasteiger partial charge in [-0.25, -0.2) is 0 Å². The number of aryl methyl sites for hydroxylation is 2. The van der Waals surface area contributed by atoms with Gasteiger partial charge in [0.25, 0.3) is 5.91 Å². The number of hydrogen-bond acceptors (Lipinski definition) is 5. The first-order valence-electron chi connectivity index (χ1n) is 4.37. The number of nitrogens with one attached hydrogen (secondary N) is 1. The SMILES string of the molecule is Cc1cc(NC(=O)c2nnc(Cl)s2)n(C)n1. The molecule has 0 aliphatic heterocycles. The number of nitrogens with zero attached hydrogens (tertiary/aromatic N) is 4. The van der Waals surface area contributed by atoms with Crippen molar-refractivity contribution >= 4 is 34.7 Å². The average molecular weight is 258 g/mol. The highest BCUT2D eigenvalue weighted by atomic mass is 35.5. The molecule has 84 valence electrons. The number of carbonyl (C=O) groups excluding carboxylic acids is 1. The smallest absolute Gasteiger partial charge is 0.287 e. The summed E-state index contributed by atoms with van der Waals surface area (Å²) in [6.07, 6.45) is 0. The molecule has 0 aliphatic carbocycles. The first-order chi connectivity index (χ1) is 7.56. The Kier molecular flexibility index (Phi) is 2.88. The van der Waals surface area contributed by atoms with Gasteiger partial charge in [-0.2, -0.15) is 5.10 Å². The van der Waals surface area contributed by atoms with Crippen LogP contribution in [-0.4, -0.2) is 25.9 Å². The lowest BCUT2D eigenvalue weighted by atomic mass is 10.4. The number of hydrogen-bond donors (Lipinski definition) is 1. The molecular formula is C8H8ClN5OS. The van der Waals surface area contributed by atoms with Gasteiger partial charge < -0.3 is 5.32 Å². The quantitative estimate of drug-likeness (QED) is 0.885. The summed E-state index contributed by atoms with van der Waals surface area (Å²) in [6.45, 7) is 1.84. The Morgan fingerprint density at radius 1 is 1.56 bits per heavy atom. The van der Waals surface area contributed by atoms with E-state index in [1.54, 1.807) is 17.8 Å². The molecule has 2 aromatic rings. The van der Waals surface area contributed by atoms with E-state index in [9.17, 15) is 4.79 Å². The van der Waals surface area contributed by atoms with Crippen molar-refractivity contribution in [3.05, 3.63) is 21.2 Å². The molecule has 0 fully saturated rings. The molecular weight excluding hydrogens is 250 g/mol. The van der Waals surface area contributed by atoms with Crippen molar-refractivity contribution in [2.75, 3.05) is 5.32 Å². The van der Waals surface area contributed by atoms with Crippen LogP contribution < -0.4 is 5.32 Å². The van der Waals surface area contributed by atoms with Gasteiger partial charge >= 0.3 is 0 Å². The molecule has 1 amide bonds. The van der Waals surface area contributed by atoms with Crippen LogP contribution in [0.2, 0.25) is 4.47 Å². The lowest BCUT2D eigenvalue weighted by Gasteiger charge is -2.01. The average Bonchev–Trinajstić information content (AvgIpc) is 2.74. The van der Waals surface area contributed by atoms with Crippen molar-refractivity contribution in [3.8, 4) is 0 Å². The maximum absolute atomic E-state index is 11.7. The molecule has 2 aromatic heterocycles. The van der Waals surface area contributed by atoms with E-state index in [2.05, 4.69) is 20.6 Å². The topological polar surface area (TPSA) is 72.7 Å². The Hall–Kier alpha value is -1.47. The van der Waals surface area contributed by atoms with Gasteiger partial charge in [-0.05, 0) is 18.5 Å². The van der Waals surface area contributed by atoms with Crippen molar-refractivity contribution in [1.82, 2.24) is 20.0 Å². The van der Waals surface area contributed by atoms with Crippen molar-refractivity contribution in [2.45, 2.75) is 6.92 Å². The minimum absolute atomic E-state index is 0.226. The van der Waals surface area contributed by atoms with E-state index in [0.29, 0.717) is 5.82 Å². The van der Waals surface area contributed by atoms with Gasteiger partial charge in [0.2, 0.25) is 9.47 Å². The molecule has 2 rings (SSSR count). The van der Waals surface area contributed by atoms with Gasteiger partial charge in [-0.3, -0.25) is 9.48 Å². The van der Waals surface area contributed by atoms with Gasteiger partial charge in [0.05, 0.1) is 5.69 Å². The van der Waals surface area contributed by atoms with Crippen molar-refractivity contribution in [1.29, 1.82) is 0 Å². The highest BCUT2D eigenvalue weighted by molar-refractivity contribution is 7.17. The molecule has 2 heterocycles. The van der Waals surface area contributed by atoms with E-state index in [1.165, 1.54) is 0 Å². The summed E-state index contributed by atoms with van der Waals surface area (Å²) < 4.78 is 1.82. The minimum atomic E-state index is -0.340. The normalized spacial score (nSPS) is 10.4. The van der Waals surface area contributed by atoms with Crippen molar-refractivity contribution in [3.63, 3.8) is 0 Å². The van der Waals surface area contributed by atoms with Crippen LogP contribution in [0.5, 0.6) is 0 Å². The van der Waals surface area contributed by atoms with Gasteiger partial charge in [-0.1, -0.05) is 11.3 Å². The van der Waals surface area contributed by atoms with E-state index >= 15 is 0 Å². The first-order valence-corrected chi connectivity index (χ1v) is 5.56. The monoisotopic (exact) mass is 257 g/mol. The molecule has 6 nitrogen and oxygen atoms in total. The van der Waals surface area contributed by atoms with Crippen molar-refractivity contribution in [2.24, 2.45) is 7.05 Å². The predicted octanol–water partition coefficient (Wildman–Crippen LogP) is 1.49. The summed E-state index contributed by atoms with van der Waals surface area (Å²) in [5.74, 6) is 0.265. The van der Waals surface area contributed by atoms with E-state index in [1.807, 2.05) is 6.92 Å². The number of aromatic nitrogens is 4. The minimum Gasteiger partial charge on any atom is -0.305 e. The molecule has 8 heteroatoms. The number of halogens is 1. The highest BCUT2D eigenvalue weighted by Gasteiger charge is 2.13. The summed E-state index contributed by atoms with van der Waals surface area (Å²) in [6, 6.07) is 1.76. The van der Waals surface area contributed by atoms with Crippen molar-refractivity contribution < 1.29 is 4.79 Å². The molecule has 0 aromatic carbocycles. The molecule has 0 saturated heterocycles. The first kappa shape index (κ1) is 11.0. The van der Waals surface area contributed by atoms with E-state index in [0.717, 1.165) is 17.0 Å². The van der Waals surface area contributed by atoms with Crippen LogP contribution in [0.4, 0.5) is 5.82 Å². The Balaban J connectivity index is 2.16. The molecule has 0 radical (unpaired) electrons. The lowest BCUT2D eigenvalue weighted by Crippen LogP contribution is -2.14. The second-order valence-electron chi connectivity index (χ2n) is 3.11. The van der Waals surface area contributed by atoms with Crippen LogP contribution in [0.15, 0.2) is 6.07 Å². The Morgan fingerprint density at radius 3 is 2.81 bits per heavy atom. The molecule has 16 heavy (non-hydrogen) atoms. The third-order valence-corrected chi connectivity index (χ3v) is 2.86. The maximum atomic E-state index is 11.7. The fourth-order valence-electron chi connectivity index (χ4n) is 1.19. The second kappa shape index (κ2) is 4.18. The number of amides is 1. The van der Waals surface area contributed by atoms with Crippen LogP contribution in [0.3, 0.4) is 0 Å². The third-order valence-electron chi connectivity index (χ3n) is 1.84.